The van der Waals surface area contributed by atoms with Gasteiger partial charge in [-0.25, -0.2) is 0 Å². The van der Waals surface area contributed by atoms with Gasteiger partial charge in [-0.3, -0.25) is 4.79 Å². The number of halogens is 4. The van der Waals surface area contributed by atoms with Crippen LogP contribution in [0.1, 0.15) is 48.0 Å². The summed E-state index contributed by atoms with van der Waals surface area (Å²) in [6, 6.07) is 4.29. The SMILES string of the molecule is N#CC(NC(=O)c1cc(C(F)(F)F)ccc1Br)C1CCCCC1. The Bertz CT molecular complexity index is 619. The van der Waals surface area contributed by atoms with Crippen LogP contribution in [0.3, 0.4) is 0 Å². The van der Waals surface area contributed by atoms with E-state index < -0.39 is 23.7 Å². The van der Waals surface area contributed by atoms with Crippen molar-refractivity contribution in [1.82, 2.24) is 5.32 Å². The lowest BCUT2D eigenvalue weighted by atomic mass is 9.84. The zero-order valence-corrected chi connectivity index (χ0v) is 13.9. The lowest BCUT2D eigenvalue weighted by Gasteiger charge is -2.26. The Morgan fingerprint density at radius 1 is 1.30 bits per heavy atom. The number of hydrogen-bond acceptors (Lipinski definition) is 2. The number of amides is 1. The smallest absolute Gasteiger partial charge is 0.336 e. The molecule has 1 aliphatic rings. The van der Waals surface area contributed by atoms with Crippen molar-refractivity contribution in [2.45, 2.75) is 44.3 Å². The van der Waals surface area contributed by atoms with E-state index in [9.17, 15) is 23.2 Å². The third-order valence-corrected chi connectivity index (χ3v) is 4.78. The van der Waals surface area contributed by atoms with Crippen LogP contribution in [0.4, 0.5) is 13.2 Å². The minimum absolute atomic E-state index is 0.0577. The first-order chi connectivity index (χ1) is 10.8. The molecule has 1 amide bonds. The van der Waals surface area contributed by atoms with E-state index in [1.165, 1.54) is 6.07 Å². The maximum absolute atomic E-state index is 12.8. The Morgan fingerprint density at radius 3 is 2.52 bits per heavy atom. The van der Waals surface area contributed by atoms with Crippen molar-refractivity contribution < 1.29 is 18.0 Å². The number of carbonyl (C=O) groups is 1. The molecular weight excluding hydrogens is 373 g/mol. The van der Waals surface area contributed by atoms with Gasteiger partial charge < -0.3 is 5.32 Å². The average Bonchev–Trinajstić information content (AvgIpc) is 2.52. The van der Waals surface area contributed by atoms with E-state index in [1.54, 1.807) is 0 Å². The van der Waals surface area contributed by atoms with Gasteiger partial charge in [-0.1, -0.05) is 19.3 Å². The molecule has 124 valence electrons. The Hall–Kier alpha value is -1.55. The quantitative estimate of drug-likeness (QED) is 0.817. The van der Waals surface area contributed by atoms with Crippen molar-refractivity contribution in [1.29, 1.82) is 5.26 Å². The minimum atomic E-state index is -4.52. The highest BCUT2D eigenvalue weighted by atomic mass is 79.9. The lowest BCUT2D eigenvalue weighted by Crippen LogP contribution is -2.40. The zero-order valence-electron chi connectivity index (χ0n) is 12.3. The standard InChI is InChI=1S/C16H16BrF3N2O/c17-13-7-6-11(16(18,19)20)8-12(13)15(23)22-14(9-21)10-4-2-1-3-5-10/h6-8,10,14H,1-5H2,(H,22,23). The second kappa shape index (κ2) is 7.35. The van der Waals surface area contributed by atoms with Gasteiger partial charge in [-0.05, 0) is 52.9 Å². The van der Waals surface area contributed by atoms with Crippen LogP contribution in [-0.2, 0) is 6.18 Å². The monoisotopic (exact) mass is 388 g/mol. The highest BCUT2D eigenvalue weighted by Crippen LogP contribution is 2.32. The van der Waals surface area contributed by atoms with Gasteiger partial charge in [0.2, 0.25) is 0 Å². The van der Waals surface area contributed by atoms with Crippen LogP contribution < -0.4 is 5.32 Å². The summed E-state index contributed by atoms with van der Waals surface area (Å²) in [4.78, 5) is 12.3. The van der Waals surface area contributed by atoms with Crippen LogP contribution in [0.25, 0.3) is 0 Å². The lowest BCUT2D eigenvalue weighted by molar-refractivity contribution is -0.137. The van der Waals surface area contributed by atoms with Crippen LogP contribution in [0.5, 0.6) is 0 Å². The van der Waals surface area contributed by atoms with E-state index in [0.29, 0.717) is 0 Å². The second-order valence-corrected chi connectivity index (χ2v) is 6.53. The summed E-state index contributed by atoms with van der Waals surface area (Å²) in [5.74, 6) is -0.609. The molecule has 1 atom stereocenters. The van der Waals surface area contributed by atoms with Crippen molar-refractivity contribution in [2.75, 3.05) is 0 Å². The molecule has 3 nitrogen and oxygen atoms in total. The number of alkyl halides is 3. The van der Waals surface area contributed by atoms with Crippen molar-refractivity contribution in [3.8, 4) is 6.07 Å². The number of carbonyl (C=O) groups excluding carboxylic acids is 1. The molecule has 0 saturated heterocycles. The first-order valence-electron chi connectivity index (χ1n) is 7.40. The molecule has 1 saturated carbocycles. The van der Waals surface area contributed by atoms with E-state index in [1.807, 2.05) is 0 Å². The molecule has 1 aromatic rings. The van der Waals surface area contributed by atoms with Gasteiger partial charge in [0.05, 0.1) is 17.2 Å². The highest BCUT2D eigenvalue weighted by molar-refractivity contribution is 9.10. The molecule has 1 fully saturated rings. The topological polar surface area (TPSA) is 52.9 Å². The first kappa shape index (κ1) is 17.8. The predicted octanol–water partition coefficient (Wildman–Crippen LogP) is 4.67. The fourth-order valence-electron chi connectivity index (χ4n) is 2.82. The van der Waals surface area contributed by atoms with E-state index in [-0.39, 0.29) is 16.0 Å². The van der Waals surface area contributed by atoms with E-state index >= 15 is 0 Å². The number of benzene rings is 1. The molecule has 23 heavy (non-hydrogen) atoms. The molecule has 1 aliphatic carbocycles. The van der Waals surface area contributed by atoms with E-state index in [0.717, 1.165) is 44.2 Å². The van der Waals surface area contributed by atoms with Crippen molar-refractivity contribution >= 4 is 21.8 Å². The highest BCUT2D eigenvalue weighted by Gasteiger charge is 2.32. The number of nitrogens with one attached hydrogen (secondary N) is 1. The molecule has 0 aromatic heterocycles. The summed E-state index contributed by atoms with van der Waals surface area (Å²) in [6.07, 6.45) is 0.304. The van der Waals surface area contributed by atoms with Gasteiger partial charge in [0.1, 0.15) is 6.04 Å². The van der Waals surface area contributed by atoms with E-state index in [2.05, 4.69) is 27.3 Å². The first-order valence-corrected chi connectivity index (χ1v) is 8.19. The third kappa shape index (κ3) is 4.47. The van der Waals surface area contributed by atoms with Crippen LogP contribution in [-0.4, -0.2) is 11.9 Å². The molecule has 1 unspecified atom stereocenters. The molecular formula is C16H16BrF3N2O. The maximum atomic E-state index is 12.8. The molecule has 1 N–H and O–H groups in total. The summed E-state index contributed by atoms with van der Waals surface area (Å²) < 4.78 is 38.6. The maximum Gasteiger partial charge on any atom is 0.416 e. The van der Waals surface area contributed by atoms with Crippen LogP contribution in [0.15, 0.2) is 22.7 Å². The molecule has 0 spiro atoms. The molecule has 0 bridgehead atoms. The Balaban J connectivity index is 2.17. The van der Waals surface area contributed by atoms with Gasteiger partial charge in [-0.15, -0.1) is 0 Å². The molecule has 7 heteroatoms. The third-order valence-electron chi connectivity index (χ3n) is 4.09. The van der Waals surface area contributed by atoms with Crippen molar-refractivity contribution in [3.63, 3.8) is 0 Å². The summed E-state index contributed by atoms with van der Waals surface area (Å²) in [5, 5.41) is 11.8. The Kier molecular flexibility index (Phi) is 5.69. The molecule has 2 rings (SSSR count). The molecule has 1 aromatic carbocycles. The summed E-state index contributed by atoms with van der Waals surface area (Å²) in [6.45, 7) is 0. The number of nitriles is 1. The summed E-state index contributed by atoms with van der Waals surface area (Å²) in [7, 11) is 0. The van der Waals surface area contributed by atoms with E-state index in [4.69, 9.17) is 0 Å². The zero-order chi connectivity index (χ0) is 17.0. The fourth-order valence-corrected chi connectivity index (χ4v) is 3.24. The van der Waals surface area contributed by atoms with Gasteiger partial charge in [-0.2, -0.15) is 18.4 Å². The van der Waals surface area contributed by atoms with Gasteiger partial charge >= 0.3 is 6.18 Å². The van der Waals surface area contributed by atoms with Gasteiger partial charge in [0.15, 0.2) is 0 Å². The van der Waals surface area contributed by atoms with Crippen LogP contribution in [0.2, 0.25) is 0 Å². The summed E-state index contributed by atoms with van der Waals surface area (Å²) in [5.41, 5.74) is -1.01. The molecule has 0 heterocycles. The van der Waals surface area contributed by atoms with Gasteiger partial charge in [0.25, 0.3) is 5.91 Å². The predicted molar refractivity (Wildman–Crippen MR) is 82.6 cm³/mol. The Labute approximate surface area is 141 Å². The number of rotatable bonds is 3. The number of nitrogens with zero attached hydrogens (tertiary/aromatic N) is 1. The normalized spacial score (nSPS) is 17.3. The second-order valence-electron chi connectivity index (χ2n) is 5.67. The van der Waals surface area contributed by atoms with Crippen LogP contribution >= 0.6 is 15.9 Å². The van der Waals surface area contributed by atoms with Crippen LogP contribution in [0, 0.1) is 17.2 Å². The van der Waals surface area contributed by atoms with Crippen molar-refractivity contribution in [3.05, 3.63) is 33.8 Å². The number of hydrogen-bond donors (Lipinski definition) is 1. The summed E-state index contributed by atoms with van der Waals surface area (Å²) >= 11 is 3.09. The minimum Gasteiger partial charge on any atom is -0.336 e. The fraction of sp³-hybridized carbons (Fsp3) is 0.500. The van der Waals surface area contributed by atoms with Gasteiger partial charge in [0, 0.05) is 4.47 Å². The Morgan fingerprint density at radius 2 is 1.96 bits per heavy atom. The average molecular weight is 389 g/mol. The molecule has 0 radical (unpaired) electrons. The molecule has 0 aliphatic heterocycles. The van der Waals surface area contributed by atoms with Crippen molar-refractivity contribution in [2.24, 2.45) is 5.92 Å². The largest absolute Gasteiger partial charge is 0.416 e.